The van der Waals surface area contributed by atoms with E-state index in [2.05, 4.69) is 70.0 Å². The van der Waals surface area contributed by atoms with Crippen LogP contribution in [0.15, 0.2) is 29.3 Å². The second-order valence-corrected chi connectivity index (χ2v) is 9.22. The Bertz CT molecular complexity index is 644. The zero-order chi connectivity index (χ0) is 21.3. The minimum absolute atomic E-state index is 0.755. The highest BCUT2D eigenvalue weighted by molar-refractivity contribution is 5.80. The summed E-state index contributed by atoms with van der Waals surface area (Å²) in [6, 6.07) is 9.00. The maximum Gasteiger partial charge on any atom is 0.193 e. The first-order chi connectivity index (χ1) is 14.6. The zero-order valence-electron chi connectivity index (χ0n) is 19.7. The number of nitrogens with one attached hydrogen (secondary N) is 1. The Morgan fingerprint density at radius 3 is 2.33 bits per heavy atom. The lowest BCUT2D eigenvalue weighted by Gasteiger charge is -2.33. The normalized spacial score (nSPS) is 21.6. The van der Waals surface area contributed by atoms with Crippen molar-refractivity contribution in [3.05, 3.63) is 35.4 Å². The predicted molar refractivity (Wildman–Crippen MR) is 128 cm³/mol. The maximum atomic E-state index is 4.59. The third kappa shape index (κ3) is 6.71. The van der Waals surface area contributed by atoms with Crippen LogP contribution >= 0.6 is 0 Å². The summed E-state index contributed by atoms with van der Waals surface area (Å²) in [6.07, 6.45) is 3.84. The molecule has 2 aliphatic rings. The van der Waals surface area contributed by atoms with E-state index < -0.39 is 0 Å². The second-order valence-electron chi connectivity index (χ2n) is 9.22. The van der Waals surface area contributed by atoms with Gasteiger partial charge in [-0.2, -0.15) is 0 Å². The van der Waals surface area contributed by atoms with Gasteiger partial charge in [0.25, 0.3) is 0 Å². The van der Waals surface area contributed by atoms with Gasteiger partial charge in [0, 0.05) is 39.8 Å². The van der Waals surface area contributed by atoms with Gasteiger partial charge in [-0.15, -0.1) is 0 Å². The Morgan fingerprint density at radius 1 is 1.03 bits per heavy atom. The van der Waals surface area contributed by atoms with Gasteiger partial charge in [-0.1, -0.05) is 43.7 Å². The minimum atomic E-state index is 0.755. The average molecular weight is 414 g/mol. The van der Waals surface area contributed by atoms with Gasteiger partial charge in [0.05, 0.1) is 0 Å². The van der Waals surface area contributed by atoms with Crippen molar-refractivity contribution in [2.75, 3.05) is 59.4 Å². The van der Waals surface area contributed by atoms with Gasteiger partial charge in [0.2, 0.25) is 0 Å². The number of hydrogen-bond acceptors (Lipinski definition) is 3. The fourth-order valence-corrected chi connectivity index (χ4v) is 4.89. The molecule has 5 nitrogen and oxygen atoms in total. The van der Waals surface area contributed by atoms with Crippen molar-refractivity contribution < 1.29 is 0 Å². The van der Waals surface area contributed by atoms with Gasteiger partial charge in [0.15, 0.2) is 5.96 Å². The molecule has 2 heterocycles. The summed E-state index contributed by atoms with van der Waals surface area (Å²) in [5.74, 6) is 2.64. The largest absolute Gasteiger partial charge is 0.356 e. The van der Waals surface area contributed by atoms with Crippen molar-refractivity contribution in [1.82, 2.24) is 20.0 Å². The average Bonchev–Trinajstić information content (AvgIpc) is 3.23. The predicted octanol–water partition coefficient (Wildman–Crippen LogP) is 3.45. The van der Waals surface area contributed by atoms with Crippen LogP contribution in [0.3, 0.4) is 0 Å². The number of aliphatic imine (C=N–C) groups is 1. The molecule has 0 amide bonds. The summed E-state index contributed by atoms with van der Waals surface area (Å²) < 4.78 is 0. The van der Waals surface area contributed by atoms with Gasteiger partial charge in [-0.3, -0.25) is 9.89 Å². The molecule has 0 radical (unpaired) electrons. The fourth-order valence-electron chi connectivity index (χ4n) is 4.89. The van der Waals surface area contributed by atoms with E-state index >= 15 is 0 Å². The Morgan fingerprint density at radius 2 is 1.70 bits per heavy atom. The number of rotatable bonds is 8. The molecule has 2 fully saturated rings. The molecule has 3 rings (SSSR count). The number of hydrogen-bond donors (Lipinski definition) is 1. The molecule has 5 heteroatoms. The molecular weight excluding hydrogens is 370 g/mol. The van der Waals surface area contributed by atoms with Crippen molar-refractivity contribution in [2.45, 2.75) is 46.6 Å². The smallest absolute Gasteiger partial charge is 0.193 e. The number of piperidine rings is 1. The highest BCUT2D eigenvalue weighted by Crippen LogP contribution is 2.20. The third-order valence-electron chi connectivity index (χ3n) is 6.99. The van der Waals surface area contributed by atoms with Crippen LogP contribution in [0.25, 0.3) is 0 Å². The van der Waals surface area contributed by atoms with E-state index in [1.165, 1.54) is 50.0 Å². The summed E-state index contributed by atoms with van der Waals surface area (Å²) in [5, 5.41) is 3.70. The number of benzene rings is 1. The van der Waals surface area contributed by atoms with E-state index in [1.54, 1.807) is 0 Å². The molecule has 2 saturated heterocycles. The van der Waals surface area contributed by atoms with Crippen molar-refractivity contribution in [3.63, 3.8) is 0 Å². The van der Waals surface area contributed by atoms with Crippen LogP contribution in [0.2, 0.25) is 0 Å². The van der Waals surface area contributed by atoms with Gasteiger partial charge >= 0.3 is 0 Å². The number of aryl methyl sites for hydroxylation is 1. The number of nitrogens with zero attached hydrogens (tertiary/aromatic N) is 4. The molecule has 30 heavy (non-hydrogen) atoms. The summed E-state index contributed by atoms with van der Waals surface area (Å²) in [7, 11) is 1.93. The monoisotopic (exact) mass is 413 g/mol. The van der Waals surface area contributed by atoms with E-state index in [4.69, 9.17) is 0 Å². The molecule has 2 aliphatic heterocycles. The molecule has 0 aromatic heterocycles. The van der Waals surface area contributed by atoms with E-state index in [1.807, 2.05) is 7.05 Å². The molecule has 1 unspecified atom stereocenters. The highest BCUT2D eigenvalue weighted by atomic mass is 15.3. The topological polar surface area (TPSA) is 34.1 Å². The van der Waals surface area contributed by atoms with Crippen molar-refractivity contribution in [2.24, 2.45) is 16.8 Å². The van der Waals surface area contributed by atoms with Crippen LogP contribution in [0.4, 0.5) is 0 Å². The van der Waals surface area contributed by atoms with E-state index in [0.29, 0.717) is 0 Å². The van der Waals surface area contributed by atoms with Crippen LogP contribution < -0.4 is 5.32 Å². The first-order valence-electron chi connectivity index (χ1n) is 12.1. The zero-order valence-corrected chi connectivity index (χ0v) is 19.7. The second kappa shape index (κ2) is 11.7. The molecule has 0 spiro atoms. The quantitative estimate of drug-likeness (QED) is 0.523. The van der Waals surface area contributed by atoms with Crippen molar-refractivity contribution >= 4 is 5.96 Å². The molecule has 1 atom stereocenters. The SMILES string of the molecule is CCN(CC)CC1CCN(C(=NC)NCC2CCN(Cc3ccc(C)cc3)CC2)C1. The van der Waals surface area contributed by atoms with Crippen LogP contribution in [-0.4, -0.2) is 80.1 Å². The standard InChI is InChI=1S/C25H43N5/c1-5-28(6-2)19-24-13-16-30(20-24)25(26-4)27-17-22-11-14-29(15-12-22)18-23-9-7-21(3)8-10-23/h7-10,22,24H,5-6,11-20H2,1-4H3,(H,26,27). The Balaban J connectivity index is 1.37. The molecular formula is C25H43N5. The van der Waals surface area contributed by atoms with Gasteiger partial charge in [-0.25, -0.2) is 0 Å². The number of likely N-dealkylation sites (tertiary alicyclic amines) is 2. The summed E-state index contributed by atoms with van der Waals surface area (Å²) in [5.41, 5.74) is 2.78. The first kappa shape index (κ1) is 23.1. The lowest BCUT2D eigenvalue weighted by molar-refractivity contribution is 0.177. The molecule has 0 aliphatic carbocycles. The molecule has 0 saturated carbocycles. The molecule has 1 N–H and O–H groups in total. The lowest BCUT2D eigenvalue weighted by Crippen LogP contribution is -2.44. The molecule has 1 aromatic carbocycles. The van der Waals surface area contributed by atoms with Crippen LogP contribution in [0.5, 0.6) is 0 Å². The van der Waals surface area contributed by atoms with Crippen molar-refractivity contribution in [3.8, 4) is 0 Å². The van der Waals surface area contributed by atoms with E-state index in [-0.39, 0.29) is 0 Å². The van der Waals surface area contributed by atoms with Crippen molar-refractivity contribution in [1.29, 1.82) is 0 Å². The maximum absolute atomic E-state index is 4.59. The summed E-state index contributed by atoms with van der Waals surface area (Å²) >= 11 is 0. The summed E-state index contributed by atoms with van der Waals surface area (Å²) in [6.45, 7) is 17.1. The minimum Gasteiger partial charge on any atom is -0.356 e. The summed E-state index contributed by atoms with van der Waals surface area (Å²) in [4.78, 5) is 12.2. The van der Waals surface area contributed by atoms with Gasteiger partial charge < -0.3 is 15.1 Å². The van der Waals surface area contributed by atoms with Crippen LogP contribution in [-0.2, 0) is 6.54 Å². The lowest BCUT2D eigenvalue weighted by atomic mass is 9.96. The highest BCUT2D eigenvalue weighted by Gasteiger charge is 2.27. The van der Waals surface area contributed by atoms with Crippen LogP contribution in [0, 0.1) is 18.8 Å². The van der Waals surface area contributed by atoms with E-state index in [9.17, 15) is 0 Å². The van der Waals surface area contributed by atoms with Crippen LogP contribution in [0.1, 0.15) is 44.2 Å². The number of guanidine groups is 1. The fraction of sp³-hybridized carbons (Fsp3) is 0.720. The van der Waals surface area contributed by atoms with E-state index in [0.717, 1.165) is 57.1 Å². The first-order valence-corrected chi connectivity index (χ1v) is 12.1. The molecule has 168 valence electrons. The third-order valence-corrected chi connectivity index (χ3v) is 6.99. The Kier molecular flexibility index (Phi) is 9.01. The van der Waals surface area contributed by atoms with Gasteiger partial charge in [0.1, 0.15) is 0 Å². The Hall–Kier alpha value is -1.59. The molecule has 0 bridgehead atoms. The Labute approximate surface area is 184 Å². The molecule has 1 aromatic rings. The van der Waals surface area contributed by atoms with Gasteiger partial charge in [-0.05, 0) is 69.8 Å².